The molecule has 0 bridgehead atoms. The van der Waals surface area contributed by atoms with Gasteiger partial charge in [-0.2, -0.15) is 0 Å². The van der Waals surface area contributed by atoms with Gasteiger partial charge in [-0.15, -0.1) is 23.2 Å². The highest BCUT2D eigenvalue weighted by Gasteiger charge is 2.15. The van der Waals surface area contributed by atoms with Gasteiger partial charge in [0.2, 0.25) is 0 Å². The van der Waals surface area contributed by atoms with Gasteiger partial charge in [0.25, 0.3) is 0 Å². The summed E-state index contributed by atoms with van der Waals surface area (Å²) in [5.41, 5.74) is 4.96. The van der Waals surface area contributed by atoms with Gasteiger partial charge in [0, 0.05) is 40.1 Å². The smallest absolute Gasteiger partial charge is 0.0494 e. The van der Waals surface area contributed by atoms with Crippen LogP contribution in [0.3, 0.4) is 0 Å². The highest BCUT2D eigenvalue weighted by molar-refractivity contribution is 6.18. The van der Waals surface area contributed by atoms with Crippen molar-refractivity contribution < 1.29 is 0 Å². The molecule has 25 heavy (non-hydrogen) atoms. The first-order chi connectivity index (χ1) is 12.2. The second kappa shape index (κ2) is 8.47. The van der Waals surface area contributed by atoms with Crippen LogP contribution < -0.4 is 0 Å². The first-order valence-electron chi connectivity index (χ1n) is 9.37. The van der Waals surface area contributed by atoms with E-state index in [-0.39, 0.29) is 0 Å². The summed E-state index contributed by atoms with van der Waals surface area (Å²) in [5.74, 6) is 1.81. The number of halogens is 2. The summed E-state index contributed by atoms with van der Waals surface area (Å²) in [4.78, 5) is 0. The van der Waals surface area contributed by atoms with Crippen LogP contribution in [0.5, 0.6) is 0 Å². The van der Waals surface area contributed by atoms with Gasteiger partial charge in [0.05, 0.1) is 0 Å². The second-order valence-electron chi connectivity index (χ2n) is 7.00. The monoisotopic (exact) mass is 375 g/mol. The van der Waals surface area contributed by atoms with Gasteiger partial charge in [0.15, 0.2) is 0 Å². The van der Waals surface area contributed by atoms with Gasteiger partial charge in [-0.25, -0.2) is 0 Å². The van der Waals surface area contributed by atoms with Crippen LogP contribution in [0.25, 0.3) is 21.8 Å². The minimum atomic E-state index is 0.553. The minimum absolute atomic E-state index is 0.553. The van der Waals surface area contributed by atoms with Crippen molar-refractivity contribution in [1.82, 2.24) is 4.57 Å². The van der Waals surface area contributed by atoms with Gasteiger partial charge in [-0.05, 0) is 35.6 Å². The molecule has 0 saturated heterocycles. The molecule has 1 aromatic heterocycles. The summed E-state index contributed by atoms with van der Waals surface area (Å²) in [6.45, 7) is 5.64. The standard InChI is InChI=1S/C22H27Cl2N/c1-3-5-6-16(4-2)15-25-21-11-17(13-23)7-9-19(21)20-10-8-18(14-24)12-22(20)25/h7-12,16H,3-6,13-15H2,1-2H3. The summed E-state index contributed by atoms with van der Waals surface area (Å²) < 4.78 is 2.50. The Labute approximate surface area is 160 Å². The van der Waals surface area contributed by atoms with Gasteiger partial charge < -0.3 is 4.57 Å². The van der Waals surface area contributed by atoms with Gasteiger partial charge in [-0.1, -0.05) is 57.4 Å². The number of hydrogen-bond donors (Lipinski definition) is 0. The Morgan fingerprint density at radius 1 is 0.880 bits per heavy atom. The Morgan fingerprint density at radius 2 is 1.44 bits per heavy atom. The molecule has 2 aromatic carbocycles. The van der Waals surface area contributed by atoms with Gasteiger partial charge >= 0.3 is 0 Å². The lowest BCUT2D eigenvalue weighted by atomic mass is 9.99. The van der Waals surface area contributed by atoms with E-state index in [2.05, 4.69) is 54.8 Å². The Hall–Kier alpha value is -1.18. The molecular weight excluding hydrogens is 349 g/mol. The van der Waals surface area contributed by atoms with E-state index in [0.29, 0.717) is 17.7 Å². The third-order valence-corrected chi connectivity index (χ3v) is 5.91. The van der Waals surface area contributed by atoms with E-state index in [4.69, 9.17) is 23.2 Å². The number of rotatable bonds is 8. The van der Waals surface area contributed by atoms with Crippen LogP contribution in [-0.4, -0.2) is 4.57 Å². The van der Waals surface area contributed by atoms with Crippen LogP contribution in [0, 0.1) is 5.92 Å². The van der Waals surface area contributed by atoms with Crippen molar-refractivity contribution >= 4 is 45.0 Å². The molecule has 1 nitrogen and oxygen atoms in total. The molecule has 0 spiro atoms. The van der Waals surface area contributed by atoms with E-state index in [1.807, 2.05) is 0 Å². The summed E-state index contributed by atoms with van der Waals surface area (Å²) in [7, 11) is 0. The molecule has 0 aliphatic carbocycles. The fourth-order valence-electron chi connectivity index (χ4n) is 3.72. The molecule has 0 saturated carbocycles. The van der Waals surface area contributed by atoms with Crippen molar-refractivity contribution in [2.24, 2.45) is 5.92 Å². The molecule has 0 fully saturated rings. The molecule has 0 aliphatic heterocycles. The van der Waals surface area contributed by atoms with E-state index < -0.39 is 0 Å². The van der Waals surface area contributed by atoms with Gasteiger partial charge in [-0.3, -0.25) is 0 Å². The van der Waals surface area contributed by atoms with E-state index in [9.17, 15) is 0 Å². The normalized spacial score (nSPS) is 13.0. The Morgan fingerprint density at radius 3 is 1.88 bits per heavy atom. The summed E-state index contributed by atoms with van der Waals surface area (Å²) >= 11 is 12.2. The lowest BCUT2D eigenvalue weighted by Gasteiger charge is -2.17. The van der Waals surface area contributed by atoms with E-state index >= 15 is 0 Å². The maximum Gasteiger partial charge on any atom is 0.0494 e. The zero-order chi connectivity index (χ0) is 17.8. The predicted molar refractivity (Wildman–Crippen MR) is 112 cm³/mol. The molecule has 0 aliphatic rings. The van der Waals surface area contributed by atoms with Crippen LogP contribution in [0.1, 0.15) is 50.7 Å². The molecular formula is C22H27Cl2N. The van der Waals surface area contributed by atoms with Crippen molar-refractivity contribution in [3.8, 4) is 0 Å². The van der Waals surface area contributed by atoms with E-state index in [1.165, 1.54) is 58.6 Å². The van der Waals surface area contributed by atoms with Gasteiger partial charge in [0.1, 0.15) is 0 Å². The molecule has 0 radical (unpaired) electrons. The second-order valence-corrected chi connectivity index (χ2v) is 7.53. The van der Waals surface area contributed by atoms with Crippen molar-refractivity contribution in [2.45, 2.75) is 57.8 Å². The molecule has 1 heterocycles. The molecule has 0 amide bonds. The van der Waals surface area contributed by atoms with Crippen LogP contribution in [0.4, 0.5) is 0 Å². The maximum absolute atomic E-state index is 6.10. The van der Waals surface area contributed by atoms with Crippen molar-refractivity contribution in [2.75, 3.05) is 0 Å². The zero-order valence-electron chi connectivity index (χ0n) is 15.2. The number of alkyl halides is 2. The molecule has 3 aromatic rings. The largest absolute Gasteiger partial charge is 0.340 e. The predicted octanol–water partition coefficient (Wildman–Crippen LogP) is 7.49. The number of aromatic nitrogens is 1. The van der Waals surface area contributed by atoms with Crippen molar-refractivity contribution in [3.63, 3.8) is 0 Å². The molecule has 0 N–H and O–H groups in total. The number of unbranched alkanes of at least 4 members (excludes halogenated alkanes) is 1. The number of fused-ring (bicyclic) bond motifs is 3. The summed E-state index contributed by atoms with van der Waals surface area (Å²) in [5, 5.41) is 2.63. The van der Waals surface area contributed by atoms with Crippen LogP contribution in [-0.2, 0) is 18.3 Å². The fourth-order valence-corrected chi connectivity index (χ4v) is 4.06. The molecule has 134 valence electrons. The number of hydrogen-bond acceptors (Lipinski definition) is 0. The highest BCUT2D eigenvalue weighted by Crippen LogP contribution is 2.33. The van der Waals surface area contributed by atoms with E-state index in [0.717, 1.165) is 6.54 Å². The number of nitrogens with zero attached hydrogens (tertiary/aromatic N) is 1. The lowest BCUT2D eigenvalue weighted by Crippen LogP contribution is -2.10. The SMILES string of the molecule is CCCCC(CC)Cn1c2cc(CCl)ccc2c2ccc(CCl)cc21. The van der Waals surface area contributed by atoms with E-state index in [1.54, 1.807) is 0 Å². The Kier molecular flexibility index (Phi) is 6.30. The molecule has 3 heteroatoms. The minimum Gasteiger partial charge on any atom is -0.340 e. The highest BCUT2D eigenvalue weighted by atomic mass is 35.5. The van der Waals surface area contributed by atoms with Crippen molar-refractivity contribution in [3.05, 3.63) is 47.5 Å². The maximum atomic E-state index is 6.10. The van der Waals surface area contributed by atoms with Crippen LogP contribution >= 0.6 is 23.2 Å². The number of benzene rings is 2. The van der Waals surface area contributed by atoms with Crippen molar-refractivity contribution in [1.29, 1.82) is 0 Å². The average molecular weight is 376 g/mol. The fraction of sp³-hybridized carbons (Fsp3) is 0.455. The Balaban J connectivity index is 2.16. The third-order valence-electron chi connectivity index (χ3n) is 5.29. The first kappa shape index (κ1) is 18.6. The molecule has 1 unspecified atom stereocenters. The Bertz CT molecular complexity index is 789. The zero-order valence-corrected chi connectivity index (χ0v) is 16.7. The summed E-state index contributed by atoms with van der Waals surface area (Å²) in [6, 6.07) is 13.2. The topological polar surface area (TPSA) is 4.93 Å². The average Bonchev–Trinajstić information content (AvgIpc) is 2.96. The summed E-state index contributed by atoms with van der Waals surface area (Å²) in [6.07, 6.45) is 5.07. The van der Waals surface area contributed by atoms with Crippen LogP contribution in [0.15, 0.2) is 36.4 Å². The molecule has 1 atom stereocenters. The lowest BCUT2D eigenvalue weighted by molar-refractivity contribution is 0.401. The third kappa shape index (κ3) is 3.83. The molecule has 3 rings (SSSR count). The first-order valence-corrected chi connectivity index (χ1v) is 10.4. The van der Waals surface area contributed by atoms with Crippen LogP contribution in [0.2, 0.25) is 0 Å². The quantitative estimate of drug-likeness (QED) is 0.359.